The maximum Gasteiger partial charge on any atom is 0.311 e. The van der Waals surface area contributed by atoms with Crippen LogP contribution in [0.25, 0.3) is 0 Å². The van der Waals surface area contributed by atoms with Crippen LogP contribution in [0.5, 0.6) is 0 Å². The van der Waals surface area contributed by atoms with E-state index in [2.05, 4.69) is 45.6 Å². The molecule has 7 atom stereocenters. The number of esters is 1. The molecule has 5 aliphatic rings. The number of ether oxygens (including phenoxy) is 1. The molecule has 0 radical (unpaired) electrons. The molecule has 156 valence electrons. The molecular weight excluding hydrogens is 346 g/mol. The van der Waals surface area contributed by atoms with Gasteiger partial charge < -0.3 is 4.74 Å². The molecule has 0 aromatic heterocycles. The highest BCUT2D eigenvalue weighted by Crippen LogP contribution is 2.56. The summed E-state index contributed by atoms with van der Waals surface area (Å²) in [7, 11) is 0. The predicted molar refractivity (Wildman–Crippen MR) is 112 cm³/mol. The fourth-order valence-electron chi connectivity index (χ4n) is 8.30. The highest BCUT2D eigenvalue weighted by molar-refractivity contribution is 5.76. The molecule has 2 heterocycles. The first kappa shape index (κ1) is 19.2. The van der Waals surface area contributed by atoms with Crippen molar-refractivity contribution in [3.8, 4) is 0 Å². The van der Waals surface area contributed by atoms with Crippen LogP contribution in [0.15, 0.2) is 11.6 Å². The van der Waals surface area contributed by atoms with Gasteiger partial charge in [0.05, 0.1) is 5.92 Å². The van der Waals surface area contributed by atoms with Crippen molar-refractivity contribution in [2.45, 2.75) is 91.7 Å². The fraction of sp³-hybridized carbons (Fsp3) is 0.880. The lowest BCUT2D eigenvalue weighted by Gasteiger charge is -2.46. The van der Waals surface area contributed by atoms with Crippen molar-refractivity contribution < 1.29 is 9.53 Å². The summed E-state index contributed by atoms with van der Waals surface area (Å²) < 4.78 is 6.00. The zero-order valence-corrected chi connectivity index (χ0v) is 18.6. The maximum atomic E-state index is 12.9. The number of likely N-dealkylation sites (tertiary alicyclic amines) is 1. The van der Waals surface area contributed by atoms with E-state index in [0.29, 0.717) is 28.7 Å². The maximum absolute atomic E-state index is 12.9. The van der Waals surface area contributed by atoms with E-state index in [9.17, 15) is 4.79 Å². The summed E-state index contributed by atoms with van der Waals surface area (Å²) in [6, 6.07) is 0.649. The SMILES string of the molecule is C[C@H]1CCC[C@]2(C)C[C@H]3OC(=O)[C@H](CN4C[C@@]5(C)C[C@@H]4CC(C)(C)C5)[C@H]3C=C12. The second kappa shape index (κ2) is 6.09. The third kappa shape index (κ3) is 2.99. The molecule has 2 saturated carbocycles. The van der Waals surface area contributed by atoms with Gasteiger partial charge >= 0.3 is 5.97 Å². The molecule has 0 aromatic carbocycles. The Morgan fingerprint density at radius 3 is 2.75 bits per heavy atom. The largest absolute Gasteiger partial charge is 0.461 e. The molecule has 2 bridgehead atoms. The third-order valence-corrected chi connectivity index (χ3v) is 9.04. The second-order valence-electron chi connectivity index (χ2n) is 12.5. The van der Waals surface area contributed by atoms with Gasteiger partial charge in [0.2, 0.25) is 0 Å². The molecule has 3 nitrogen and oxygen atoms in total. The first-order valence-electron chi connectivity index (χ1n) is 11.7. The minimum Gasteiger partial charge on any atom is -0.461 e. The Balaban J connectivity index is 1.39. The first-order chi connectivity index (χ1) is 13.1. The van der Waals surface area contributed by atoms with E-state index in [1.54, 1.807) is 5.57 Å². The number of allylic oxidation sites excluding steroid dienone is 1. The minimum atomic E-state index is 0.0437. The van der Waals surface area contributed by atoms with Crippen LogP contribution < -0.4 is 0 Å². The smallest absolute Gasteiger partial charge is 0.311 e. The van der Waals surface area contributed by atoms with Gasteiger partial charge in [0.1, 0.15) is 6.10 Å². The molecule has 0 unspecified atom stereocenters. The van der Waals surface area contributed by atoms with Crippen LogP contribution in [0.4, 0.5) is 0 Å². The summed E-state index contributed by atoms with van der Waals surface area (Å²) in [5, 5.41) is 0. The number of hydrogen-bond donors (Lipinski definition) is 0. The van der Waals surface area contributed by atoms with Crippen molar-refractivity contribution in [1.29, 1.82) is 0 Å². The molecule has 28 heavy (non-hydrogen) atoms. The van der Waals surface area contributed by atoms with E-state index in [1.165, 1.54) is 38.5 Å². The minimum absolute atomic E-state index is 0.0437. The molecule has 2 saturated heterocycles. The van der Waals surface area contributed by atoms with E-state index >= 15 is 0 Å². The van der Waals surface area contributed by atoms with Crippen molar-refractivity contribution in [3.05, 3.63) is 11.6 Å². The van der Waals surface area contributed by atoms with Gasteiger partial charge in [-0.1, -0.05) is 52.7 Å². The number of nitrogens with zero attached hydrogens (tertiary/aromatic N) is 1. The highest BCUT2D eigenvalue weighted by atomic mass is 16.6. The molecular formula is C25H39NO2. The first-order valence-corrected chi connectivity index (χ1v) is 11.7. The standard InChI is InChI=1S/C25H39NO2/c1-16-7-6-8-25(5)12-21-18(9-20(16)25)19(22(27)28-21)13-26-15-24(4)11-17(26)10-23(2,3)14-24/h9,16-19,21H,6-8,10-15H2,1-5H3/t16-,17-,18+,19+,21+,24-,25+/m0/s1. The average molecular weight is 386 g/mol. The number of rotatable bonds is 2. The van der Waals surface area contributed by atoms with Gasteiger partial charge in [-0.25, -0.2) is 0 Å². The zero-order valence-electron chi connectivity index (χ0n) is 18.6. The number of fused-ring (bicyclic) bond motifs is 4. The molecule has 3 aliphatic carbocycles. The summed E-state index contributed by atoms with van der Waals surface area (Å²) in [5.74, 6) is 1.09. The average Bonchev–Trinajstić information content (AvgIpc) is 2.97. The molecule has 5 rings (SSSR count). The second-order valence-corrected chi connectivity index (χ2v) is 12.5. The quantitative estimate of drug-likeness (QED) is 0.483. The van der Waals surface area contributed by atoms with Crippen LogP contribution in [-0.2, 0) is 9.53 Å². The van der Waals surface area contributed by atoms with Crippen LogP contribution in [0.2, 0.25) is 0 Å². The lowest BCUT2D eigenvalue weighted by Crippen LogP contribution is -2.42. The topological polar surface area (TPSA) is 29.5 Å². The molecule has 2 aliphatic heterocycles. The van der Waals surface area contributed by atoms with Gasteiger partial charge in [-0.2, -0.15) is 0 Å². The van der Waals surface area contributed by atoms with Crippen LogP contribution in [-0.4, -0.2) is 36.1 Å². The van der Waals surface area contributed by atoms with Gasteiger partial charge in [0.15, 0.2) is 0 Å². The zero-order chi connectivity index (χ0) is 19.9. The Morgan fingerprint density at radius 1 is 1.18 bits per heavy atom. The third-order valence-electron chi connectivity index (χ3n) is 9.04. The molecule has 0 N–H and O–H groups in total. The molecule has 0 aromatic rings. The Bertz CT molecular complexity index is 711. The van der Waals surface area contributed by atoms with Crippen LogP contribution >= 0.6 is 0 Å². The number of carbonyl (C=O) groups excluding carboxylic acids is 1. The Morgan fingerprint density at radius 2 is 1.96 bits per heavy atom. The van der Waals surface area contributed by atoms with E-state index in [-0.39, 0.29) is 23.4 Å². The van der Waals surface area contributed by atoms with Crippen molar-refractivity contribution in [3.63, 3.8) is 0 Å². The fourth-order valence-corrected chi connectivity index (χ4v) is 8.30. The van der Waals surface area contributed by atoms with Crippen molar-refractivity contribution in [2.24, 2.45) is 34.0 Å². The summed E-state index contributed by atoms with van der Waals surface area (Å²) in [6.07, 6.45) is 11.5. The van der Waals surface area contributed by atoms with Crippen molar-refractivity contribution in [1.82, 2.24) is 4.90 Å². The lowest BCUT2D eigenvalue weighted by atomic mass is 9.59. The Labute approximate surface area is 171 Å². The van der Waals surface area contributed by atoms with Gasteiger partial charge in [-0.15, -0.1) is 0 Å². The van der Waals surface area contributed by atoms with E-state index in [0.717, 1.165) is 19.5 Å². The lowest BCUT2D eigenvalue weighted by molar-refractivity contribution is -0.145. The van der Waals surface area contributed by atoms with Crippen LogP contribution in [0.1, 0.15) is 79.6 Å². The van der Waals surface area contributed by atoms with Gasteiger partial charge in [0.25, 0.3) is 0 Å². The normalized spacial score (nSPS) is 50.0. The number of hydrogen-bond acceptors (Lipinski definition) is 3. The summed E-state index contributed by atoms with van der Waals surface area (Å²) in [6.45, 7) is 14.2. The van der Waals surface area contributed by atoms with E-state index in [4.69, 9.17) is 4.74 Å². The van der Waals surface area contributed by atoms with Crippen LogP contribution in [0.3, 0.4) is 0 Å². The monoisotopic (exact) mass is 385 g/mol. The Kier molecular flexibility index (Phi) is 4.17. The van der Waals surface area contributed by atoms with Gasteiger partial charge in [-0.05, 0) is 60.7 Å². The summed E-state index contributed by atoms with van der Waals surface area (Å²) in [5.41, 5.74) is 2.75. The summed E-state index contributed by atoms with van der Waals surface area (Å²) >= 11 is 0. The number of carbonyl (C=O) groups is 1. The van der Waals surface area contributed by atoms with Crippen molar-refractivity contribution in [2.75, 3.05) is 13.1 Å². The van der Waals surface area contributed by atoms with E-state index in [1.807, 2.05) is 0 Å². The molecule has 0 spiro atoms. The van der Waals surface area contributed by atoms with E-state index < -0.39 is 0 Å². The van der Waals surface area contributed by atoms with Gasteiger partial charge in [0, 0.05) is 25.0 Å². The van der Waals surface area contributed by atoms with Gasteiger partial charge in [-0.3, -0.25) is 9.69 Å². The molecule has 0 amide bonds. The predicted octanol–water partition coefficient (Wildman–Crippen LogP) is 5.20. The summed E-state index contributed by atoms with van der Waals surface area (Å²) in [4.78, 5) is 15.6. The Hall–Kier alpha value is -0.830. The molecule has 4 fully saturated rings. The van der Waals surface area contributed by atoms with Crippen molar-refractivity contribution >= 4 is 5.97 Å². The molecule has 3 heteroatoms. The van der Waals surface area contributed by atoms with Crippen LogP contribution in [0, 0.1) is 34.0 Å². The highest BCUT2D eigenvalue weighted by Gasteiger charge is 2.55.